The van der Waals surface area contributed by atoms with Crippen molar-refractivity contribution in [2.24, 2.45) is 0 Å². The van der Waals surface area contributed by atoms with E-state index in [1.54, 1.807) is 24.3 Å². The molecule has 0 bridgehead atoms. The van der Waals surface area contributed by atoms with Gasteiger partial charge in [0.05, 0.1) is 16.6 Å². The van der Waals surface area contributed by atoms with E-state index < -0.39 is 5.97 Å². The van der Waals surface area contributed by atoms with E-state index in [0.717, 1.165) is 10.0 Å². The fourth-order valence-corrected chi connectivity index (χ4v) is 2.83. The Morgan fingerprint density at radius 3 is 2.75 bits per heavy atom. The molecule has 3 rings (SSSR count). The highest BCUT2D eigenvalue weighted by Gasteiger charge is 2.09. The molecule has 0 fully saturated rings. The van der Waals surface area contributed by atoms with Gasteiger partial charge < -0.3 is 10.1 Å². The first-order valence-corrected chi connectivity index (χ1v) is 6.89. The van der Waals surface area contributed by atoms with Crippen molar-refractivity contribution in [1.82, 2.24) is 9.97 Å². The average Bonchev–Trinajstić information content (AvgIpc) is 2.80. The summed E-state index contributed by atoms with van der Waals surface area (Å²) < 4.78 is 0.853. The van der Waals surface area contributed by atoms with E-state index in [4.69, 9.17) is 16.7 Å². The number of imidazole rings is 1. The highest BCUT2D eigenvalue weighted by atomic mass is 79.9. The number of nitrogens with one attached hydrogen (secondary N) is 1. The summed E-state index contributed by atoms with van der Waals surface area (Å²) in [5.74, 6) is -0.320. The minimum Gasteiger partial charge on any atom is -0.478 e. The smallest absolute Gasteiger partial charge is 0.335 e. The summed E-state index contributed by atoms with van der Waals surface area (Å²) in [5, 5.41) is 9.58. The van der Waals surface area contributed by atoms with Crippen molar-refractivity contribution in [1.29, 1.82) is 0 Å². The van der Waals surface area contributed by atoms with Gasteiger partial charge in [0.1, 0.15) is 5.82 Å². The first-order valence-electron chi connectivity index (χ1n) is 5.72. The van der Waals surface area contributed by atoms with Crippen molar-refractivity contribution >= 4 is 44.5 Å². The molecule has 0 aliphatic carbocycles. The second-order valence-corrected chi connectivity index (χ2v) is 5.63. The minimum absolute atomic E-state index is 0.222. The Morgan fingerprint density at radius 1 is 1.25 bits per heavy atom. The topological polar surface area (TPSA) is 66.0 Å². The third-order valence-electron chi connectivity index (χ3n) is 2.86. The third kappa shape index (κ3) is 2.42. The summed E-state index contributed by atoms with van der Waals surface area (Å²) in [6, 6.07) is 10.2. The molecule has 0 unspecified atom stereocenters. The van der Waals surface area contributed by atoms with Gasteiger partial charge in [-0.25, -0.2) is 9.78 Å². The van der Waals surface area contributed by atoms with Gasteiger partial charge in [0.2, 0.25) is 0 Å². The lowest BCUT2D eigenvalue weighted by atomic mass is 10.2. The van der Waals surface area contributed by atoms with Crippen LogP contribution < -0.4 is 0 Å². The molecule has 1 aromatic heterocycles. The van der Waals surface area contributed by atoms with E-state index >= 15 is 0 Å². The van der Waals surface area contributed by atoms with Gasteiger partial charge in [-0.2, -0.15) is 0 Å². The highest BCUT2D eigenvalue weighted by molar-refractivity contribution is 9.10. The van der Waals surface area contributed by atoms with Crippen LogP contribution in [0.3, 0.4) is 0 Å². The van der Waals surface area contributed by atoms with Gasteiger partial charge in [0.15, 0.2) is 0 Å². The number of hydrogen-bond donors (Lipinski definition) is 2. The molecule has 0 radical (unpaired) electrons. The summed E-state index contributed by atoms with van der Waals surface area (Å²) in [7, 11) is 0. The lowest BCUT2D eigenvalue weighted by molar-refractivity contribution is 0.0697. The summed E-state index contributed by atoms with van der Waals surface area (Å²) in [6.07, 6.45) is 0. The van der Waals surface area contributed by atoms with Crippen molar-refractivity contribution in [3.63, 3.8) is 0 Å². The first kappa shape index (κ1) is 13.1. The Morgan fingerprint density at radius 2 is 2.05 bits per heavy atom. The van der Waals surface area contributed by atoms with Crippen LogP contribution in [0.4, 0.5) is 0 Å². The predicted octanol–water partition coefficient (Wildman–Crippen LogP) is 4.34. The lowest BCUT2D eigenvalue weighted by Gasteiger charge is -1.99. The molecule has 6 heteroatoms. The van der Waals surface area contributed by atoms with Crippen molar-refractivity contribution in [3.8, 4) is 11.4 Å². The lowest BCUT2D eigenvalue weighted by Crippen LogP contribution is -1.94. The van der Waals surface area contributed by atoms with Crippen LogP contribution in [0.15, 0.2) is 40.9 Å². The minimum atomic E-state index is -0.964. The number of H-pyrrole nitrogens is 1. The Labute approximate surface area is 127 Å². The van der Waals surface area contributed by atoms with Crippen LogP contribution in [-0.2, 0) is 0 Å². The molecule has 0 atom stereocenters. The number of aromatic carboxylic acids is 1. The number of aromatic nitrogens is 2. The van der Waals surface area contributed by atoms with Gasteiger partial charge in [0.25, 0.3) is 0 Å². The van der Waals surface area contributed by atoms with Crippen LogP contribution in [0, 0.1) is 0 Å². The maximum atomic E-state index is 11.0. The number of carbonyl (C=O) groups is 1. The second kappa shape index (κ2) is 4.92. The van der Waals surface area contributed by atoms with Crippen molar-refractivity contribution in [2.75, 3.05) is 0 Å². The molecule has 20 heavy (non-hydrogen) atoms. The predicted molar refractivity (Wildman–Crippen MR) is 81.2 cm³/mol. The number of halogens is 2. The van der Waals surface area contributed by atoms with Crippen molar-refractivity contribution < 1.29 is 9.90 Å². The fourth-order valence-electron chi connectivity index (χ4n) is 1.97. The van der Waals surface area contributed by atoms with E-state index in [1.165, 1.54) is 6.07 Å². The van der Waals surface area contributed by atoms with Crippen molar-refractivity contribution in [2.45, 2.75) is 0 Å². The number of carboxylic acid groups (broad SMARTS) is 1. The van der Waals surface area contributed by atoms with E-state index in [1.807, 2.05) is 6.07 Å². The Hall–Kier alpha value is -1.85. The normalized spacial score (nSPS) is 10.9. The molecule has 100 valence electrons. The Kier molecular flexibility index (Phi) is 3.23. The second-order valence-electron chi connectivity index (χ2n) is 4.28. The van der Waals surface area contributed by atoms with Crippen molar-refractivity contribution in [3.05, 3.63) is 51.5 Å². The van der Waals surface area contributed by atoms with Crippen LogP contribution in [0.5, 0.6) is 0 Å². The van der Waals surface area contributed by atoms with E-state index in [2.05, 4.69) is 25.9 Å². The molecule has 0 saturated heterocycles. The van der Waals surface area contributed by atoms with Gasteiger partial charge >= 0.3 is 5.97 Å². The van der Waals surface area contributed by atoms with Crippen LogP contribution in [0.1, 0.15) is 10.4 Å². The molecule has 2 N–H and O–H groups in total. The summed E-state index contributed by atoms with van der Waals surface area (Å²) in [4.78, 5) is 18.5. The fraction of sp³-hybridized carbons (Fsp3) is 0. The van der Waals surface area contributed by atoms with E-state index in [-0.39, 0.29) is 5.56 Å². The van der Waals surface area contributed by atoms with E-state index in [9.17, 15) is 4.79 Å². The number of carboxylic acids is 1. The van der Waals surface area contributed by atoms with Gasteiger partial charge in [-0.15, -0.1) is 0 Å². The van der Waals surface area contributed by atoms with Crippen LogP contribution >= 0.6 is 27.5 Å². The zero-order valence-corrected chi connectivity index (χ0v) is 12.4. The molecule has 1 heterocycles. The largest absolute Gasteiger partial charge is 0.478 e. The number of hydrogen-bond acceptors (Lipinski definition) is 2. The monoisotopic (exact) mass is 350 g/mol. The number of nitrogens with zero attached hydrogens (tertiary/aromatic N) is 1. The van der Waals surface area contributed by atoms with E-state index in [0.29, 0.717) is 21.9 Å². The number of fused-ring (bicyclic) bond motifs is 1. The number of aromatic amines is 1. The maximum Gasteiger partial charge on any atom is 0.335 e. The van der Waals surface area contributed by atoms with Gasteiger partial charge in [-0.1, -0.05) is 27.5 Å². The summed E-state index contributed by atoms with van der Waals surface area (Å²) >= 11 is 9.40. The Bertz CT molecular complexity index is 809. The maximum absolute atomic E-state index is 11.0. The summed E-state index contributed by atoms with van der Waals surface area (Å²) in [6.45, 7) is 0. The molecule has 0 spiro atoms. The average molecular weight is 352 g/mol. The molecule has 0 aliphatic heterocycles. The zero-order valence-electron chi connectivity index (χ0n) is 10.0. The molecule has 3 aromatic rings. The molecule has 4 nitrogen and oxygen atoms in total. The van der Waals surface area contributed by atoms with Crippen LogP contribution in [0.2, 0.25) is 5.02 Å². The van der Waals surface area contributed by atoms with Gasteiger partial charge in [-0.3, -0.25) is 0 Å². The van der Waals surface area contributed by atoms with Crippen LogP contribution in [0.25, 0.3) is 22.4 Å². The first-order chi connectivity index (χ1) is 9.52. The number of benzene rings is 2. The highest BCUT2D eigenvalue weighted by Crippen LogP contribution is 2.27. The SMILES string of the molecule is O=C(O)c1ccc2nc(-c3cc(Cl)cc(Br)c3)[nH]c2c1. The Balaban J connectivity index is 2.15. The molecule has 0 saturated carbocycles. The van der Waals surface area contributed by atoms with Gasteiger partial charge in [0, 0.05) is 15.1 Å². The standard InChI is InChI=1S/C14H8BrClN2O2/c15-9-3-8(4-10(16)6-9)13-17-11-2-1-7(14(19)20)5-12(11)18-13/h1-6H,(H,17,18)(H,19,20). The molecule has 0 aliphatic rings. The molecular formula is C14H8BrClN2O2. The zero-order chi connectivity index (χ0) is 14.3. The third-order valence-corrected chi connectivity index (χ3v) is 3.54. The molecular weight excluding hydrogens is 344 g/mol. The van der Waals surface area contributed by atoms with Crippen LogP contribution in [-0.4, -0.2) is 21.0 Å². The molecule has 0 amide bonds. The quantitative estimate of drug-likeness (QED) is 0.721. The number of rotatable bonds is 2. The molecule has 2 aromatic carbocycles. The van der Waals surface area contributed by atoms with Gasteiger partial charge in [-0.05, 0) is 36.4 Å². The summed E-state index contributed by atoms with van der Waals surface area (Å²) in [5.41, 5.74) is 2.44.